The summed E-state index contributed by atoms with van der Waals surface area (Å²) in [5, 5.41) is 3.50. The topological polar surface area (TPSA) is 90.1 Å². The van der Waals surface area contributed by atoms with E-state index in [4.69, 9.17) is 22.1 Å². The summed E-state index contributed by atoms with van der Waals surface area (Å²) in [6, 6.07) is 0. The quantitative estimate of drug-likeness (QED) is 0.822. The van der Waals surface area contributed by atoms with Crippen LogP contribution in [0.15, 0.2) is 12.4 Å². The van der Waals surface area contributed by atoms with E-state index in [1.807, 2.05) is 0 Å². The maximum Gasteiger partial charge on any atom is 0.246 e. The van der Waals surface area contributed by atoms with Gasteiger partial charge in [0, 0.05) is 6.54 Å². The Balaban J connectivity index is 1.80. The molecule has 1 fully saturated rings. The number of ether oxygens (including phenoxy) is 1. The number of nitrogens with zero attached hydrogens (tertiary/aromatic N) is 2. The van der Waals surface area contributed by atoms with Crippen molar-refractivity contribution >= 4 is 23.5 Å². The van der Waals surface area contributed by atoms with Crippen LogP contribution in [0.5, 0.6) is 0 Å². The standard InChI is InChI=1S/C10H13ClN4O2/c11-6-3-13-10(14-4-6)15-5-7-1-2-8(17-7)9(12)16/h3-4,7-8H,1-2,5H2,(H2,12,16)(H,13,14,15). The minimum Gasteiger partial charge on any atom is -0.367 e. The van der Waals surface area contributed by atoms with Crippen LogP contribution in [0.4, 0.5) is 5.95 Å². The Bertz CT molecular complexity index is 398. The second-order valence-electron chi connectivity index (χ2n) is 3.83. The maximum absolute atomic E-state index is 10.9. The van der Waals surface area contributed by atoms with E-state index in [-0.39, 0.29) is 6.10 Å². The summed E-state index contributed by atoms with van der Waals surface area (Å²) in [6.45, 7) is 0.547. The Morgan fingerprint density at radius 3 is 2.82 bits per heavy atom. The zero-order valence-corrected chi connectivity index (χ0v) is 9.85. The number of rotatable bonds is 4. The van der Waals surface area contributed by atoms with Gasteiger partial charge in [-0.3, -0.25) is 4.79 Å². The van der Waals surface area contributed by atoms with Gasteiger partial charge in [-0.05, 0) is 12.8 Å². The van der Waals surface area contributed by atoms with Gasteiger partial charge in [0.15, 0.2) is 0 Å². The number of carbonyl (C=O) groups excluding carboxylic acids is 1. The molecule has 1 aliphatic heterocycles. The first-order chi connectivity index (χ1) is 8.15. The largest absolute Gasteiger partial charge is 0.367 e. The van der Waals surface area contributed by atoms with Crippen LogP contribution in [0, 0.1) is 0 Å². The Morgan fingerprint density at radius 2 is 2.24 bits per heavy atom. The minimum absolute atomic E-state index is 0.0354. The molecule has 0 saturated carbocycles. The molecule has 0 bridgehead atoms. The van der Waals surface area contributed by atoms with Crippen LogP contribution in [0.1, 0.15) is 12.8 Å². The van der Waals surface area contributed by atoms with Gasteiger partial charge >= 0.3 is 0 Å². The van der Waals surface area contributed by atoms with Crippen LogP contribution in [0.2, 0.25) is 5.02 Å². The Kier molecular flexibility index (Phi) is 3.75. The Labute approximate surface area is 104 Å². The highest BCUT2D eigenvalue weighted by atomic mass is 35.5. The molecule has 3 N–H and O–H groups in total. The van der Waals surface area contributed by atoms with Crippen LogP contribution in [-0.4, -0.2) is 34.6 Å². The first-order valence-electron chi connectivity index (χ1n) is 5.31. The van der Waals surface area contributed by atoms with E-state index in [1.54, 1.807) is 0 Å². The molecule has 1 aliphatic rings. The monoisotopic (exact) mass is 256 g/mol. The summed E-state index contributed by atoms with van der Waals surface area (Å²) < 4.78 is 5.45. The summed E-state index contributed by atoms with van der Waals surface area (Å²) in [4.78, 5) is 18.9. The maximum atomic E-state index is 10.9. The average molecular weight is 257 g/mol. The van der Waals surface area contributed by atoms with Gasteiger partial charge in [-0.25, -0.2) is 9.97 Å². The van der Waals surface area contributed by atoms with E-state index in [0.29, 0.717) is 23.9 Å². The zero-order valence-electron chi connectivity index (χ0n) is 9.10. The van der Waals surface area contributed by atoms with Crippen molar-refractivity contribution in [2.24, 2.45) is 5.73 Å². The molecule has 2 atom stereocenters. The van der Waals surface area contributed by atoms with Crippen molar-refractivity contribution in [2.45, 2.75) is 25.0 Å². The van der Waals surface area contributed by atoms with Gasteiger partial charge in [0.2, 0.25) is 11.9 Å². The van der Waals surface area contributed by atoms with E-state index in [9.17, 15) is 4.79 Å². The Morgan fingerprint density at radius 1 is 1.53 bits per heavy atom. The second-order valence-corrected chi connectivity index (χ2v) is 4.27. The third kappa shape index (κ3) is 3.28. The predicted octanol–water partition coefficient (Wildman–Crippen LogP) is 0.575. The molecule has 17 heavy (non-hydrogen) atoms. The lowest BCUT2D eigenvalue weighted by Crippen LogP contribution is -2.30. The number of amides is 1. The molecule has 1 saturated heterocycles. The third-order valence-electron chi connectivity index (χ3n) is 2.53. The fourth-order valence-corrected chi connectivity index (χ4v) is 1.77. The van der Waals surface area contributed by atoms with E-state index in [2.05, 4.69) is 15.3 Å². The third-order valence-corrected chi connectivity index (χ3v) is 2.73. The molecule has 1 aromatic heterocycles. The molecule has 2 heterocycles. The number of anilines is 1. The second kappa shape index (κ2) is 5.29. The first kappa shape index (κ1) is 12.1. The average Bonchev–Trinajstić information content (AvgIpc) is 2.77. The highest BCUT2D eigenvalue weighted by Crippen LogP contribution is 2.19. The Hall–Kier alpha value is -1.40. The normalized spacial score (nSPS) is 23.6. The summed E-state index contributed by atoms with van der Waals surface area (Å²) >= 11 is 5.66. The molecule has 0 aromatic carbocycles. The lowest BCUT2D eigenvalue weighted by atomic mass is 10.2. The SMILES string of the molecule is NC(=O)C1CCC(CNc2ncc(Cl)cn2)O1. The number of hydrogen-bond donors (Lipinski definition) is 2. The molecule has 1 aromatic rings. The summed E-state index contributed by atoms with van der Waals surface area (Å²) in [5.74, 6) is 0.0794. The van der Waals surface area contributed by atoms with E-state index in [1.165, 1.54) is 12.4 Å². The predicted molar refractivity (Wildman–Crippen MR) is 62.6 cm³/mol. The summed E-state index contributed by atoms with van der Waals surface area (Å²) in [7, 11) is 0. The molecule has 2 rings (SSSR count). The number of primary amides is 1. The molecule has 2 unspecified atom stereocenters. The number of carbonyl (C=O) groups is 1. The highest BCUT2D eigenvalue weighted by Gasteiger charge is 2.28. The van der Waals surface area contributed by atoms with Crippen molar-refractivity contribution in [2.75, 3.05) is 11.9 Å². The fourth-order valence-electron chi connectivity index (χ4n) is 1.67. The van der Waals surface area contributed by atoms with E-state index in [0.717, 1.165) is 6.42 Å². The van der Waals surface area contributed by atoms with Gasteiger partial charge < -0.3 is 15.8 Å². The molecule has 0 radical (unpaired) electrons. The van der Waals surface area contributed by atoms with Crippen LogP contribution in [-0.2, 0) is 9.53 Å². The van der Waals surface area contributed by atoms with Gasteiger partial charge in [0.25, 0.3) is 0 Å². The number of aromatic nitrogens is 2. The summed E-state index contributed by atoms with van der Waals surface area (Å²) in [5.41, 5.74) is 5.16. The van der Waals surface area contributed by atoms with E-state index < -0.39 is 12.0 Å². The van der Waals surface area contributed by atoms with Gasteiger partial charge in [-0.2, -0.15) is 0 Å². The minimum atomic E-state index is -0.465. The van der Waals surface area contributed by atoms with Crippen molar-refractivity contribution in [1.82, 2.24) is 9.97 Å². The fraction of sp³-hybridized carbons (Fsp3) is 0.500. The molecule has 92 valence electrons. The lowest BCUT2D eigenvalue weighted by molar-refractivity contribution is -0.128. The first-order valence-corrected chi connectivity index (χ1v) is 5.69. The van der Waals surface area contributed by atoms with Crippen molar-refractivity contribution < 1.29 is 9.53 Å². The smallest absolute Gasteiger partial charge is 0.246 e. The summed E-state index contributed by atoms with van der Waals surface area (Å²) in [6.07, 6.45) is 3.99. The van der Waals surface area contributed by atoms with Crippen molar-refractivity contribution in [3.63, 3.8) is 0 Å². The van der Waals surface area contributed by atoms with Gasteiger partial charge in [-0.1, -0.05) is 11.6 Å². The van der Waals surface area contributed by atoms with Gasteiger partial charge in [0.05, 0.1) is 23.5 Å². The highest BCUT2D eigenvalue weighted by molar-refractivity contribution is 6.30. The van der Waals surface area contributed by atoms with Crippen molar-refractivity contribution in [3.05, 3.63) is 17.4 Å². The number of nitrogens with two attached hydrogens (primary N) is 1. The molecule has 7 heteroatoms. The zero-order chi connectivity index (χ0) is 12.3. The van der Waals surface area contributed by atoms with Crippen LogP contribution in [0.3, 0.4) is 0 Å². The number of nitrogens with one attached hydrogen (secondary N) is 1. The van der Waals surface area contributed by atoms with Crippen molar-refractivity contribution in [3.8, 4) is 0 Å². The van der Waals surface area contributed by atoms with Crippen LogP contribution < -0.4 is 11.1 Å². The molecule has 0 aliphatic carbocycles. The number of halogens is 1. The molecule has 6 nitrogen and oxygen atoms in total. The van der Waals surface area contributed by atoms with Gasteiger partial charge in [-0.15, -0.1) is 0 Å². The molecular formula is C10H13ClN4O2. The molecular weight excluding hydrogens is 244 g/mol. The van der Waals surface area contributed by atoms with Crippen LogP contribution in [0.25, 0.3) is 0 Å². The lowest BCUT2D eigenvalue weighted by Gasteiger charge is -2.12. The molecule has 1 amide bonds. The van der Waals surface area contributed by atoms with Crippen molar-refractivity contribution in [1.29, 1.82) is 0 Å². The van der Waals surface area contributed by atoms with E-state index >= 15 is 0 Å². The molecule has 0 spiro atoms. The number of hydrogen-bond acceptors (Lipinski definition) is 5. The van der Waals surface area contributed by atoms with Gasteiger partial charge in [0.1, 0.15) is 6.10 Å². The van der Waals surface area contributed by atoms with Crippen LogP contribution >= 0.6 is 11.6 Å².